The molecule has 1 atom stereocenters. The van der Waals surface area contributed by atoms with Crippen molar-refractivity contribution in [2.24, 2.45) is 0 Å². The second kappa shape index (κ2) is 13.2. The Kier molecular flexibility index (Phi) is 10.3. The second-order valence-electron chi connectivity index (χ2n) is 12.1. The van der Waals surface area contributed by atoms with Crippen LogP contribution >= 0.6 is 0 Å². The van der Waals surface area contributed by atoms with Crippen LogP contribution in [0.3, 0.4) is 0 Å². The van der Waals surface area contributed by atoms with E-state index in [1.165, 1.54) is 17.8 Å². The van der Waals surface area contributed by atoms with Gasteiger partial charge >= 0.3 is 12.2 Å². The van der Waals surface area contributed by atoms with Gasteiger partial charge in [-0.1, -0.05) is 24.3 Å². The molecule has 1 aliphatic rings. The summed E-state index contributed by atoms with van der Waals surface area (Å²) in [5.74, 6) is -0.376. The summed E-state index contributed by atoms with van der Waals surface area (Å²) >= 11 is 0. The fourth-order valence-electron chi connectivity index (χ4n) is 4.51. The molecule has 3 rings (SSSR count). The molecule has 1 unspecified atom stereocenters. The fourth-order valence-corrected chi connectivity index (χ4v) is 4.51. The number of amides is 2. The van der Waals surface area contributed by atoms with Crippen LogP contribution in [-0.2, 0) is 29.0 Å². The topological polar surface area (TPSA) is 84.0 Å². The number of nitrogens with one attached hydrogen (secondary N) is 1. The van der Waals surface area contributed by atoms with E-state index in [-0.39, 0.29) is 18.0 Å². The van der Waals surface area contributed by atoms with Crippen molar-refractivity contribution in [1.82, 2.24) is 20.1 Å². The number of hydrogen-bond acceptors (Lipinski definition) is 6. The molecule has 1 aromatic heterocycles. The molecule has 8 nitrogen and oxygen atoms in total. The number of alkyl carbamates (subject to hydrolysis) is 1. The molecule has 1 N–H and O–H groups in total. The molecule has 0 saturated carbocycles. The molecule has 1 aliphatic heterocycles. The van der Waals surface area contributed by atoms with Gasteiger partial charge in [0.05, 0.1) is 17.9 Å². The smallest absolute Gasteiger partial charge is 0.410 e. The van der Waals surface area contributed by atoms with E-state index in [0.29, 0.717) is 32.6 Å². The predicted molar refractivity (Wildman–Crippen MR) is 149 cm³/mol. The number of halogens is 1. The van der Waals surface area contributed by atoms with Crippen molar-refractivity contribution in [2.75, 3.05) is 19.6 Å². The van der Waals surface area contributed by atoms with Crippen molar-refractivity contribution in [3.8, 4) is 0 Å². The first kappa shape index (κ1) is 30.3. The maximum absolute atomic E-state index is 13.5. The van der Waals surface area contributed by atoms with Crippen LogP contribution < -0.4 is 5.32 Å². The van der Waals surface area contributed by atoms with Gasteiger partial charge in [-0.05, 0) is 90.6 Å². The highest BCUT2D eigenvalue weighted by Gasteiger charge is 2.34. The van der Waals surface area contributed by atoms with E-state index in [1.54, 1.807) is 6.07 Å². The summed E-state index contributed by atoms with van der Waals surface area (Å²) < 4.78 is 24.6. The van der Waals surface area contributed by atoms with E-state index in [4.69, 9.17) is 9.47 Å². The zero-order chi connectivity index (χ0) is 28.6. The molecule has 214 valence electrons. The number of benzene rings is 1. The van der Waals surface area contributed by atoms with Gasteiger partial charge in [-0.2, -0.15) is 0 Å². The lowest BCUT2D eigenvalue weighted by atomic mass is 9.94. The lowest BCUT2D eigenvalue weighted by Gasteiger charge is -2.40. The summed E-state index contributed by atoms with van der Waals surface area (Å²) in [5.41, 5.74) is 1.96. The Labute approximate surface area is 231 Å². The van der Waals surface area contributed by atoms with E-state index in [2.05, 4.69) is 27.3 Å². The number of carbonyl (C=O) groups is 2. The first-order valence-corrected chi connectivity index (χ1v) is 13.6. The maximum atomic E-state index is 13.5. The second-order valence-corrected chi connectivity index (χ2v) is 12.1. The third-order valence-electron chi connectivity index (χ3n) is 6.20. The molecule has 0 radical (unpaired) electrons. The lowest BCUT2D eigenvalue weighted by molar-refractivity contribution is 0.00707. The summed E-state index contributed by atoms with van der Waals surface area (Å²) in [6.45, 7) is 13.9. The maximum Gasteiger partial charge on any atom is 0.410 e. The molecule has 0 saturated heterocycles. The van der Waals surface area contributed by atoms with E-state index in [0.717, 1.165) is 30.6 Å². The van der Waals surface area contributed by atoms with Gasteiger partial charge in [0.2, 0.25) is 0 Å². The molecule has 0 aliphatic carbocycles. The minimum atomic E-state index is -0.600. The summed E-state index contributed by atoms with van der Waals surface area (Å²) in [5, 5.41) is 2.80. The highest BCUT2D eigenvalue weighted by atomic mass is 19.1. The van der Waals surface area contributed by atoms with E-state index in [1.807, 2.05) is 58.6 Å². The zero-order valence-electron chi connectivity index (χ0n) is 24.1. The summed E-state index contributed by atoms with van der Waals surface area (Å²) in [6.07, 6.45) is 2.75. The highest BCUT2D eigenvalue weighted by molar-refractivity contribution is 5.69. The summed E-state index contributed by atoms with van der Waals surface area (Å²) in [6, 6.07) is 11.2. The molecule has 39 heavy (non-hydrogen) atoms. The largest absolute Gasteiger partial charge is 0.444 e. The summed E-state index contributed by atoms with van der Waals surface area (Å²) in [7, 11) is 0. The van der Waals surface area contributed by atoms with Gasteiger partial charge in [0.1, 0.15) is 17.0 Å². The molecule has 1 aromatic carbocycles. The van der Waals surface area contributed by atoms with Crippen LogP contribution in [-0.4, -0.2) is 63.8 Å². The highest BCUT2D eigenvalue weighted by Crippen LogP contribution is 2.26. The number of unbranched alkanes of at least 4 members (excludes halogenated alkanes) is 1. The van der Waals surface area contributed by atoms with E-state index in [9.17, 15) is 14.0 Å². The van der Waals surface area contributed by atoms with E-state index < -0.39 is 17.3 Å². The van der Waals surface area contributed by atoms with Crippen molar-refractivity contribution < 1.29 is 23.5 Å². The van der Waals surface area contributed by atoms with Crippen LogP contribution in [0.2, 0.25) is 0 Å². The number of rotatable bonds is 9. The van der Waals surface area contributed by atoms with Gasteiger partial charge in [-0.15, -0.1) is 0 Å². The average Bonchev–Trinajstić information content (AvgIpc) is 2.82. The number of ether oxygens (including phenoxy) is 2. The molecule has 0 fully saturated rings. The molecule has 2 aromatic rings. The number of carbonyl (C=O) groups excluding carboxylic acids is 2. The fraction of sp³-hybridized carbons (Fsp3) is 0.567. The van der Waals surface area contributed by atoms with Crippen LogP contribution in [0.25, 0.3) is 0 Å². The van der Waals surface area contributed by atoms with Crippen LogP contribution in [0.5, 0.6) is 0 Å². The minimum Gasteiger partial charge on any atom is -0.444 e. The van der Waals surface area contributed by atoms with Crippen molar-refractivity contribution in [3.05, 3.63) is 65.2 Å². The minimum absolute atomic E-state index is 0.102. The van der Waals surface area contributed by atoms with Crippen LogP contribution in [0.15, 0.2) is 42.6 Å². The Balaban J connectivity index is 1.70. The third-order valence-corrected chi connectivity index (χ3v) is 6.20. The van der Waals surface area contributed by atoms with Gasteiger partial charge < -0.3 is 14.8 Å². The van der Waals surface area contributed by atoms with Crippen molar-refractivity contribution in [3.63, 3.8) is 0 Å². The summed E-state index contributed by atoms with van der Waals surface area (Å²) in [4.78, 5) is 33.5. The third kappa shape index (κ3) is 10.5. The van der Waals surface area contributed by atoms with Crippen molar-refractivity contribution in [1.29, 1.82) is 0 Å². The molecule has 0 spiro atoms. The van der Waals surface area contributed by atoms with Crippen LogP contribution in [0.1, 0.15) is 71.2 Å². The average molecular weight is 543 g/mol. The molecule has 2 amide bonds. The SMILES string of the molecule is CC(C)(C)OC(=O)NCCCCN(Cc1ccc(F)cn1)CC1Cc2ccccc2CN1C(=O)OC(C)(C)C. The normalized spacial score (nSPS) is 15.6. The molecule has 0 bridgehead atoms. The standard InChI is InChI=1S/C30H43FN4O4/c1-29(2,3)38-27(36)32-15-9-10-16-34(20-25-14-13-24(31)18-33-25)21-26-17-22-11-7-8-12-23(22)19-35(26)28(37)39-30(4,5)6/h7-8,11-14,18,26H,9-10,15-17,19-21H2,1-6H3,(H,32,36). The Morgan fingerprint density at radius 3 is 2.36 bits per heavy atom. The van der Waals surface area contributed by atoms with Gasteiger partial charge in [-0.25, -0.2) is 14.0 Å². The quantitative estimate of drug-likeness (QED) is 0.410. The molecule has 9 heteroatoms. The first-order valence-electron chi connectivity index (χ1n) is 13.6. The number of aromatic nitrogens is 1. The number of fused-ring (bicyclic) bond motifs is 1. The van der Waals surface area contributed by atoms with Gasteiger partial charge in [0.25, 0.3) is 0 Å². The Morgan fingerprint density at radius 1 is 1.03 bits per heavy atom. The monoisotopic (exact) mass is 542 g/mol. The van der Waals surface area contributed by atoms with Gasteiger partial charge in [0, 0.05) is 26.2 Å². The Bertz CT molecular complexity index is 1100. The lowest BCUT2D eigenvalue weighted by Crippen LogP contribution is -2.51. The van der Waals surface area contributed by atoms with Crippen LogP contribution in [0, 0.1) is 5.82 Å². The number of nitrogens with zero attached hydrogens (tertiary/aromatic N) is 3. The van der Waals surface area contributed by atoms with Gasteiger partial charge in [-0.3, -0.25) is 14.8 Å². The molecular formula is C30H43FN4O4. The number of hydrogen-bond donors (Lipinski definition) is 1. The molecular weight excluding hydrogens is 499 g/mol. The van der Waals surface area contributed by atoms with Crippen molar-refractivity contribution >= 4 is 12.2 Å². The first-order chi connectivity index (χ1) is 18.3. The van der Waals surface area contributed by atoms with Gasteiger partial charge in [0.15, 0.2) is 0 Å². The predicted octanol–water partition coefficient (Wildman–Crippen LogP) is 5.69. The van der Waals surface area contributed by atoms with Crippen molar-refractivity contribution in [2.45, 2.75) is 91.1 Å². The Hall–Kier alpha value is -3.20. The molecule has 2 heterocycles. The Morgan fingerprint density at radius 2 is 1.72 bits per heavy atom. The van der Waals surface area contributed by atoms with Crippen LogP contribution in [0.4, 0.5) is 14.0 Å². The zero-order valence-corrected chi connectivity index (χ0v) is 24.1. The number of pyridine rings is 1. The van der Waals surface area contributed by atoms with E-state index >= 15 is 0 Å².